The minimum absolute atomic E-state index is 0.185. The lowest BCUT2D eigenvalue weighted by molar-refractivity contribution is 0.0690. The van der Waals surface area contributed by atoms with Crippen LogP contribution < -0.4 is 4.74 Å². The molecule has 0 aliphatic rings. The number of ether oxygens (including phenoxy) is 1. The van der Waals surface area contributed by atoms with Crippen LogP contribution in [0.3, 0.4) is 0 Å². The molecule has 8 heteroatoms. The Balaban J connectivity index is 2.39. The van der Waals surface area contributed by atoms with Crippen LogP contribution in [0.1, 0.15) is 29.0 Å². The van der Waals surface area contributed by atoms with E-state index in [2.05, 4.69) is 15.3 Å². The summed E-state index contributed by atoms with van der Waals surface area (Å²) in [5.41, 5.74) is 0.263. The van der Waals surface area contributed by atoms with E-state index in [4.69, 9.17) is 9.84 Å². The van der Waals surface area contributed by atoms with E-state index in [-0.39, 0.29) is 11.6 Å². The van der Waals surface area contributed by atoms with Crippen molar-refractivity contribution in [2.75, 3.05) is 7.11 Å². The van der Waals surface area contributed by atoms with Crippen LogP contribution in [0.25, 0.3) is 0 Å². The molecule has 1 N–H and O–H groups in total. The molecule has 0 saturated carbocycles. The smallest absolute Gasteiger partial charge is 0.358 e. The molecule has 1 atom stereocenters. The van der Waals surface area contributed by atoms with Gasteiger partial charge in [-0.15, -0.1) is 5.10 Å². The largest absolute Gasteiger partial charge is 0.481 e. The van der Waals surface area contributed by atoms with Gasteiger partial charge in [0.2, 0.25) is 5.88 Å². The Labute approximate surface area is 107 Å². The molecule has 7 nitrogen and oxygen atoms in total. The number of carbonyl (C=O) groups is 1. The monoisotopic (exact) mass is 266 g/mol. The second-order valence-corrected chi connectivity index (χ2v) is 3.82. The van der Waals surface area contributed by atoms with Gasteiger partial charge in [0.15, 0.2) is 5.69 Å². The van der Waals surface area contributed by atoms with Crippen LogP contribution in [0.15, 0.2) is 18.5 Å². The molecule has 0 bridgehead atoms. The van der Waals surface area contributed by atoms with E-state index >= 15 is 0 Å². The average molecular weight is 266 g/mol. The van der Waals surface area contributed by atoms with Crippen molar-refractivity contribution in [2.24, 2.45) is 0 Å². The average Bonchev–Trinajstić information content (AvgIpc) is 2.87. The maximum Gasteiger partial charge on any atom is 0.358 e. The third-order valence-corrected chi connectivity index (χ3v) is 2.62. The summed E-state index contributed by atoms with van der Waals surface area (Å²) in [6, 6.07) is 0.803. The summed E-state index contributed by atoms with van der Waals surface area (Å²) in [4.78, 5) is 14.5. The van der Waals surface area contributed by atoms with Gasteiger partial charge >= 0.3 is 5.97 Å². The summed E-state index contributed by atoms with van der Waals surface area (Å²) in [7, 11) is 1.42. The molecule has 0 amide bonds. The number of rotatable bonds is 4. The molecule has 0 aliphatic carbocycles. The Hall–Kier alpha value is -2.51. The molecule has 1 unspecified atom stereocenters. The van der Waals surface area contributed by atoms with Gasteiger partial charge in [-0.1, -0.05) is 5.21 Å². The second kappa shape index (κ2) is 5.01. The Kier molecular flexibility index (Phi) is 3.41. The van der Waals surface area contributed by atoms with Crippen molar-refractivity contribution < 1.29 is 19.0 Å². The quantitative estimate of drug-likeness (QED) is 0.892. The van der Waals surface area contributed by atoms with Crippen molar-refractivity contribution >= 4 is 5.97 Å². The lowest BCUT2D eigenvalue weighted by atomic mass is 10.1. The van der Waals surface area contributed by atoms with Crippen molar-refractivity contribution in [3.63, 3.8) is 0 Å². The molecule has 2 rings (SSSR count). The molecule has 0 saturated heterocycles. The summed E-state index contributed by atoms with van der Waals surface area (Å²) in [5.74, 6) is -1.44. The number of methoxy groups -OCH3 is 1. The van der Waals surface area contributed by atoms with Crippen LogP contribution in [0, 0.1) is 5.82 Å². The molecule has 0 radical (unpaired) electrons. The first-order valence-electron chi connectivity index (χ1n) is 5.37. The van der Waals surface area contributed by atoms with Gasteiger partial charge in [0.25, 0.3) is 0 Å². The van der Waals surface area contributed by atoms with Crippen molar-refractivity contribution in [2.45, 2.75) is 13.0 Å². The van der Waals surface area contributed by atoms with Gasteiger partial charge in [-0.3, -0.25) is 0 Å². The number of pyridine rings is 1. The third kappa shape index (κ3) is 2.51. The highest BCUT2D eigenvalue weighted by Crippen LogP contribution is 2.25. The first-order chi connectivity index (χ1) is 9.02. The molecule has 0 aromatic carbocycles. The van der Waals surface area contributed by atoms with E-state index in [1.807, 2.05) is 0 Å². The van der Waals surface area contributed by atoms with Crippen LogP contribution in [0.5, 0.6) is 5.88 Å². The van der Waals surface area contributed by atoms with Gasteiger partial charge < -0.3 is 9.84 Å². The van der Waals surface area contributed by atoms with Crippen LogP contribution in [0.4, 0.5) is 4.39 Å². The fraction of sp³-hybridized carbons (Fsp3) is 0.273. The molecule has 2 aromatic rings. The lowest BCUT2D eigenvalue weighted by Crippen LogP contribution is -2.10. The number of nitrogens with zero attached hydrogens (tertiary/aromatic N) is 4. The molecule has 0 spiro atoms. The summed E-state index contributed by atoms with van der Waals surface area (Å²) in [6.07, 6.45) is 2.30. The SMILES string of the molecule is COc1ncc(F)cc1C(C)n1cc(C(=O)O)nn1. The van der Waals surface area contributed by atoms with E-state index in [1.54, 1.807) is 6.92 Å². The highest BCUT2D eigenvalue weighted by molar-refractivity contribution is 5.84. The lowest BCUT2D eigenvalue weighted by Gasteiger charge is -2.14. The highest BCUT2D eigenvalue weighted by atomic mass is 19.1. The zero-order valence-electron chi connectivity index (χ0n) is 10.2. The first-order valence-corrected chi connectivity index (χ1v) is 5.37. The van der Waals surface area contributed by atoms with Crippen LogP contribution >= 0.6 is 0 Å². The van der Waals surface area contributed by atoms with E-state index in [1.165, 1.54) is 24.1 Å². The highest BCUT2D eigenvalue weighted by Gasteiger charge is 2.18. The number of hydrogen-bond donors (Lipinski definition) is 1. The molecule has 2 heterocycles. The van der Waals surface area contributed by atoms with E-state index in [0.29, 0.717) is 5.56 Å². The number of halogens is 1. The minimum atomic E-state index is -1.18. The van der Waals surface area contributed by atoms with Crippen molar-refractivity contribution in [3.8, 4) is 5.88 Å². The van der Waals surface area contributed by atoms with Gasteiger partial charge in [0.05, 0.1) is 25.5 Å². The molecule has 100 valence electrons. The Bertz CT molecular complexity index is 614. The fourth-order valence-corrected chi connectivity index (χ4v) is 1.62. The topological polar surface area (TPSA) is 90.1 Å². The normalized spacial score (nSPS) is 12.2. The summed E-state index contributed by atoms with van der Waals surface area (Å²) in [5, 5.41) is 16.0. The van der Waals surface area contributed by atoms with Gasteiger partial charge in [-0.05, 0) is 13.0 Å². The first kappa shape index (κ1) is 12.9. The number of aromatic carboxylic acids is 1. The van der Waals surface area contributed by atoms with Crippen LogP contribution in [0.2, 0.25) is 0 Å². The van der Waals surface area contributed by atoms with Crippen molar-refractivity contribution in [1.82, 2.24) is 20.0 Å². The summed E-state index contributed by atoms with van der Waals surface area (Å²) in [6.45, 7) is 1.71. The zero-order valence-corrected chi connectivity index (χ0v) is 10.2. The van der Waals surface area contributed by atoms with E-state index in [9.17, 15) is 9.18 Å². The molecular weight excluding hydrogens is 255 g/mol. The second-order valence-electron chi connectivity index (χ2n) is 3.82. The third-order valence-electron chi connectivity index (χ3n) is 2.62. The predicted molar refractivity (Wildman–Crippen MR) is 61.5 cm³/mol. The summed E-state index contributed by atoms with van der Waals surface area (Å²) >= 11 is 0. The van der Waals surface area contributed by atoms with Crippen LogP contribution in [-0.2, 0) is 0 Å². The zero-order chi connectivity index (χ0) is 14.0. The van der Waals surface area contributed by atoms with Crippen LogP contribution in [-0.4, -0.2) is 38.2 Å². The maximum absolute atomic E-state index is 13.2. The number of aromatic nitrogens is 4. The Morgan fingerprint density at radius 1 is 1.58 bits per heavy atom. The number of hydrogen-bond acceptors (Lipinski definition) is 5. The number of carboxylic acids is 1. The molecular formula is C11H11FN4O3. The standard InChI is InChI=1S/C11H11FN4O3/c1-6(16-5-9(11(17)18)14-15-16)8-3-7(12)4-13-10(8)19-2/h3-6H,1-2H3,(H,17,18). The van der Waals surface area contributed by atoms with Crippen molar-refractivity contribution in [3.05, 3.63) is 35.5 Å². The molecule has 2 aromatic heterocycles. The molecule has 19 heavy (non-hydrogen) atoms. The minimum Gasteiger partial charge on any atom is -0.481 e. The Morgan fingerprint density at radius 3 is 2.89 bits per heavy atom. The molecule has 0 aliphatic heterocycles. The van der Waals surface area contributed by atoms with E-state index < -0.39 is 17.8 Å². The maximum atomic E-state index is 13.2. The van der Waals surface area contributed by atoms with Crippen molar-refractivity contribution in [1.29, 1.82) is 0 Å². The Morgan fingerprint density at radius 2 is 2.32 bits per heavy atom. The van der Waals surface area contributed by atoms with E-state index in [0.717, 1.165) is 6.20 Å². The van der Waals surface area contributed by atoms with Gasteiger partial charge in [0.1, 0.15) is 5.82 Å². The van der Waals surface area contributed by atoms with Gasteiger partial charge in [0, 0.05) is 5.56 Å². The predicted octanol–water partition coefficient (Wildman–Crippen LogP) is 1.13. The van der Waals surface area contributed by atoms with Gasteiger partial charge in [-0.2, -0.15) is 0 Å². The fourth-order valence-electron chi connectivity index (χ4n) is 1.62. The van der Waals surface area contributed by atoms with Gasteiger partial charge in [-0.25, -0.2) is 18.9 Å². The number of carboxylic acid groups (broad SMARTS) is 1. The molecule has 0 fully saturated rings. The summed E-state index contributed by atoms with van der Waals surface area (Å²) < 4.78 is 19.6.